The van der Waals surface area contributed by atoms with E-state index in [2.05, 4.69) is 0 Å². The second kappa shape index (κ2) is 9.18. The van der Waals surface area contributed by atoms with Crippen LogP contribution in [-0.2, 0) is 14.3 Å². The monoisotopic (exact) mass is 432 g/mol. The Morgan fingerprint density at radius 1 is 0.938 bits per heavy atom. The second-order valence-electron chi connectivity index (χ2n) is 7.83. The van der Waals surface area contributed by atoms with Crippen molar-refractivity contribution in [3.05, 3.63) is 77.0 Å². The van der Waals surface area contributed by atoms with E-state index in [4.69, 9.17) is 4.74 Å². The number of unbranched alkanes of at least 4 members (excludes halogenated alkanes) is 1. The van der Waals surface area contributed by atoms with Crippen LogP contribution in [0.2, 0.25) is 0 Å². The van der Waals surface area contributed by atoms with Gasteiger partial charge in [0.05, 0.1) is 30.2 Å². The predicted octanol–water partition coefficient (Wildman–Crippen LogP) is 3.57. The molecule has 1 atom stereocenters. The first kappa shape index (κ1) is 21.5. The third kappa shape index (κ3) is 4.19. The Bertz CT molecular complexity index is 1070. The number of hydrogen-bond acceptors (Lipinski definition) is 5. The summed E-state index contributed by atoms with van der Waals surface area (Å²) in [6.45, 7) is 1.94. The molecule has 2 aromatic carbocycles. The van der Waals surface area contributed by atoms with Crippen LogP contribution in [0.4, 0.5) is 0 Å². The van der Waals surface area contributed by atoms with Crippen LogP contribution in [0.3, 0.4) is 0 Å². The summed E-state index contributed by atoms with van der Waals surface area (Å²) < 4.78 is 5.38. The van der Waals surface area contributed by atoms with E-state index < -0.39 is 12.0 Å². The van der Waals surface area contributed by atoms with Gasteiger partial charge in [0.1, 0.15) is 0 Å². The van der Waals surface area contributed by atoms with E-state index in [1.165, 1.54) is 11.8 Å². The van der Waals surface area contributed by atoms with Crippen molar-refractivity contribution in [3.63, 3.8) is 0 Å². The van der Waals surface area contributed by atoms with E-state index in [9.17, 15) is 19.2 Å². The van der Waals surface area contributed by atoms with Gasteiger partial charge >= 0.3 is 5.97 Å². The van der Waals surface area contributed by atoms with Gasteiger partial charge < -0.3 is 9.64 Å². The number of carbonyl (C=O) groups excluding carboxylic acids is 4. The number of rotatable bonds is 7. The predicted molar refractivity (Wildman–Crippen MR) is 117 cm³/mol. The lowest BCUT2D eigenvalue weighted by molar-refractivity contribution is -0.145. The fourth-order valence-corrected chi connectivity index (χ4v) is 4.13. The number of imide groups is 1. The van der Waals surface area contributed by atoms with Crippen LogP contribution in [0.5, 0.6) is 0 Å². The first-order valence-corrected chi connectivity index (χ1v) is 10.6. The zero-order valence-corrected chi connectivity index (χ0v) is 17.8. The minimum atomic E-state index is -0.403. The zero-order chi connectivity index (χ0) is 22.7. The van der Waals surface area contributed by atoms with Crippen LogP contribution >= 0.6 is 0 Å². The van der Waals surface area contributed by atoms with Crippen molar-refractivity contribution in [2.45, 2.75) is 32.2 Å². The summed E-state index contributed by atoms with van der Waals surface area (Å²) in [5.41, 5.74) is 2.75. The van der Waals surface area contributed by atoms with E-state index in [1.54, 1.807) is 35.4 Å². The van der Waals surface area contributed by atoms with Crippen LogP contribution in [0.15, 0.2) is 54.7 Å². The van der Waals surface area contributed by atoms with Gasteiger partial charge in [0.25, 0.3) is 11.8 Å². The number of hydrogen-bond donors (Lipinski definition) is 0. The summed E-state index contributed by atoms with van der Waals surface area (Å²) in [6.07, 6.45) is 4.67. The highest BCUT2D eigenvalue weighted by Crippen LogP contribution is 2.33. The SMILES string of the molecule is CC(=O)N1C=Cc2ccccc2[C@H]1CC(=O)OCCCCN1C(=O)c2ccccc2C1=O. The lowest BCUT2D eigenvalue weighted by Gasteiger charge is -2.32. The molecule has 0 fully saturated rings. The molecule has 0 aromatic heterocycles. The molecule has 0 spiro atoms. The van der Waals surface area contributed by atoms with Gasteiger partial charge in [0, 0.05) is 19.7 Å². The number of benzene rings is 2. The highest BCUT2D eigenvalue weighted by molar-refractivity contribution is 6.21. The highest BCUT2D eigenvalue weighted by atomic mass is 16.5. The molecular formula is C25H24N2O5. The summed E-state index contributed by atoms with van der Waals surface area (Å²) in [4.78, 5) is 52.0. The molecule has 7 heteroatoms. The molecule has 2 aliphatic rings. The molecule has 0 unspecified atom stereocenters. The van der Waals surface area contributed by atoms with Crippen LogP contribution in [0, 0.1) is 0 Å². The van der Waals surface area contributed by atoms with Gasteiger partial charge in [-0.05, 0) is 42.2 Å². The van der Waals surface area contributed by atoms with Crippen LogP contribution < -0.4 is 0 Å². The molecule has 7 nitrogen and oxygen atoms in total. The quantitative estimate of drug-likeness (QED) is 0.379. The molecular weight excluding hydrogens is 408 g/mol. The van der Waals surface area contributed by atoms with Gasteiger partial charge in [0.15, 0.2) is 0 Å². The molecule has 2 aliphatic heterocycles. The van der Waals surface area contributed by atoms with Crippen molar-refractivity contribution in [3.8, 4) is 0 Å². The van der Waals surface area contributed by atoms with Gasteiger partial charge in [-0.2, -0.15) is 0 Å². The molecule has 0 saturated heterocycles. The summed E-state index contributed by atoms with van der Waals surface area (Å²) in [5, 5.41) is 0. The maximum Gasteiger partial charge on any atom is 0.308 e. The topological polar surface area (TPSA) is 84.0 Å². The molecule has 3 amide bonds. The van der Waals surface area contributed by atoms with Crippen LogP contribution in [-0.4, -0.2) is 46.6 Å². The first-order chi connectivity index (χ1) is 15.5. The molecule has 4 rings (SSSR count). The summed E-state index contributed by atoms with van der Waals surface area (Å²) in [5.74, 6) is -1.10. The Morgan fingerprint density at radius 2 is 1.59 bits per heavy atom. The van der Waals surface area contributed by atoms with Crippen LogP contribution in [0.25, 0.3) is 6.08 Å². The van der Waals surface area contributed by atoms with E-state index in [0.717, 1.165) is 11.1 Å². The van der Waals surface area contributed by atoms with Gasteiger partial charge in [-0.15, -0.1) is 0 Å². The number of fused-ring (bicyclic) bond motifs is 2. The summed E-state index contributed by atoms with van der Waals surface area (Å²) in [6, 6.07) is 14.0. The van der Waals surface area contributed by atoms with Crippen molar-refractivity contribution in [1.29, 1.82) is 0 Å². The van der Waals surface area contributed by atoms with Gasteiger partial charge in [0.2, 0.25) is 5.91 Å². The molecule has 0 N–H and O–H groups in total. The van der Waals surface area contributed by atoms with E-state index in [0.29, 0.717) is 24.0 Å². The molecule has 0 radical (unpaired) electrons. The van der Waals surface area contributed by atoms with E-state index in [-0.39, 0.29) is 37.3 Å². The number of nitrogens with zero attached hydrogens (tertiary/aromatic N) is 2. The number of esters is 1. The minimum Gasteiger partial charge on any atom is -0.466 e. The first-order valence-electron chi connectivity index (χ1n) is 10.6. The van der Waals surface area contributed by atoms with Gasteiger partial charge in [-0.25, -0.2) is 0 Å². The summed E-state index contributed by atoms with van der Waals surface area (Å²) in [7, 11) is 0. The second-order valence-corrected chi connectivity index (χ2v) is 7.83. The molecule has 2 aromatic rings. The Hall–Kier alpha value is -3.74. The lowest BCUT2D eigenvalue weighted by Crippen LogP contribution is -2.32. The third-order valence-electron chi connectivity index (χ3n) is 5.75. The highest BCUT2D eigenvalue weighted by Gasteiger charge is 2.34. The molecule has 0 bridgehead atoms. The Balaban J connectivity index is 1.26. The average Bonchev–Trinajstić information content (AvgIpc) is 3.04. The fraction of sp³-hybridized carbons (Fsp3) is 0.280. The average molecular weight is 432 g/mol. The van der Waals surface area contributed by atoms with E-state index >= 15 is 0 Å². The Kier molecular flexibility index (Phi) is 6.16. The smallest absolute Gasteiger partial charge is 0.308 e. The maximum absolute atomic E-state index is 12.5. The molecule has 0 saturated carbocycles. The number of amides is 3. The third-order valence-corrected chi connectivity index (χ3v) is 5.75. The van der Waals surface area contributed by atoms with Crippen molar-refractivity contribution < 1.29 is 23.9 Å². The Labute approximate surface area is 186 Å². The van der Waals surface area contributed by atoms with Gasteiger partial charge in [-0.3, -0.25) is 24.1 Å². The van der Waals surface area contributed by atoms with Crippen molar-refractivity contribution in [1.82, 2.24) is 9.80 Å². The molecule has 164 valence electrons. The summed E-state index contributed by atoms with van der Waals surface area (Å²) >= 11 is 0. The maximum atomic E-state index is 12.5. The minimum absolute atomic E-state index is 0.0549. The molecule has 2 heterocycles. The van der Waals surface area contributed by atoms with Crippen molar-refractivity contribution in [2.75, 3.05) is 13.2 Å². The number of carbonyl (C=O) groups is 4. The number of ether oxygens (including phenoxy) is 1. The van der Waals surface area contributed by atoms with E-state index in [1.807, 2.05) is 30.3 Å². The Morgan fingerprint density at radius 3 is 2.28 bits per heavy atom. The van der Waals surface area contributed by atoms with Crippen molar-refractivity contribution in [2.24, 2.45) is 0 Å². The lowest BCUT2D eigenvalue weighted by atomic mass is 9.94. The standard InChI is InChI=1S/C25H24N2O5/c1-17(28)26-14-12-18-8-2-3-9-19(18)22(26)16-23(29)32-15-7-6-13-27-24(30)20-10-4-5-11-21(20)25(27)31/h2-5,8-12,14,22H,6-7,13,15-16H2,1H3/t22-/m1/s1. The largest absolute Gasteiger partial charge is 0.466 e. The fourth-order valence-electron chi connectivity index (χ4n) is 4.13. The van der Waals surface area contributed by atoms with Crippen LogP contribution in [0.1, 0.15) is 64.1 Å². The molecule has 32 heavy (non-hydrogen) atoms. The van der Waals surface area contributed by atoms with Crippen molar-refractivity contribution >= 4 is 29.8 Å². The normalized spacial score (nSPS) is 16.7. The van der Waals surface area contributed by atoms with Gasteiger partial charge in [-0.1, -0.05) is 36.4 Å². The zero-order valence-electron chi connectivity index (χ0n) is 17.8. The molecule has 0 aliphatic carbocycles.